The predicted octanol–water partition coefficient (Wildman–Crippen LogP) is 7.09. The fraction of sp³-hybridized carbons (Fsp3) is 0.360. The molecule has 0 saturated heterocycles. The fourth-order valence-electron chi connectivity index (χ4n) is 3.41. The van der Waals surface area contributed by atoms with Crippen LogP contribution in [0.3, 0.4) is 0 Å². The maximum atomic E-state index is 12.7. The van der Waals surface area contributed by atoms with Gasteiger partial charge in [0.25, 0.3) is 6.43 Å². The summed E-state index contributed by atoms with van der Waals surface area (Å²) in [6, 6.07) is 4.05. The van der Waals surface area contributed by atoms with E-state index < -0.39 is 65.1 Å². The van der Waals surface area contributed by atoms with Crippen molar-refractivity contribution in [3.05, 3.63) is 82.9 Å². The standard InChI is InChI=1S/C13H13F3N4OS2.C12H11F5N4OS2/c1-9(10-3-4-11(18-7-10)13(14,15)16)23(2,21)19-12(22)20-6-5-17-8-20;1-6(7-3-4-8(18-5-7)12(15,16)17)24(2,22)21-11-20-19-10(23-11)9(13)14/h3-9H,1-2H3;3-6,9H,1-2H3/p+1. The molecule has 4 atom stereocenters. The lowest BCUT2D eigenvalue weighted by Crippen LogP contribution is -2.38. The number of halogens is 8. The Hall–Kier alpha value is -3.50. The van der Waals surface area contributed by atoms with Crippen LogP contribution in [0.25, 0.3) is 0 Å². The number of alkyl halides is 8. The monoisotopic (exact) mass is 749 g/mol. The first-order chi connectivity index (χ1) is 21.6. The molecule has 0 spiro atoms. The molecule has 4 rings (SSSR count). The number of nitrogens with one attached hydrogen (secondary N) is 1. The molecule has 10 nitrogen and oxygen atoms in total. The molecule has 0 fully saturated rings. The summed E-state index contributed by atoms with van der Waals surface area (Å²) in [6.45, 7) is 3.10. The molecule has 0 saturated carbocycles. The SMILES string of the molecule is CC(c1ccc(C(F)(F)F)nc1)S(C)(=O)=NC(=S)[n+]1cc[nH]c1.CC(c1ccc(C(F)(F)F)nc1)S(C)(=O)=Nc1nnc(C(F)F)s1. The zero-order chi connectivity index (χ0) is 35.4. The van der Waals surface area contributed by atoms with Gasteiger partial charge in [0.2, 0.25) is 5.13 Å². The Kier molecular flexibility index (Phi) is 11.9. The molecule has 22 heteroatoms. The van der Waals surface area contributed by atoms with Crippen LogP contribution in [0.1, 0.15) is 58.3 Å². The molecule has 1 N–H and O–H groups in total. The van der Waals surface area contributed by atoms with Crippen molar-refractivity contribution in [1.29, 1.82) is 0 Å². The van der Waals surface area contributed by atoms with Crippen LogP contribution in [0.2, 0.25) is 0 Å². The lowest BCUT2D eigenvalue weighted by atomic mass is 10.2. The smallest absolute Gasteiger partial charge is 0.283 e. The zero-order valence-corrected chi connectivity index (χ0v) is 27.8. The van der Waals surface area contributed by atoms with Gasteiger partial charge in [0, 0.05) is 24.9 Å². The fourth-order valence-corrected chi connectivity index (χ4v) is 7.35. The van der Waals surface area contributed by atoms with Gasteiger partial charge < -0.3 is 0 Å². The summed E-state index contributed by atoms with van der Waals surface area (Å²) in [5.41, 5.74) is -1.39. The van der Waals surface area contributed by atoms with Crippen molar-refractivity contribution in [2.75, 3.05) is 12.5 Å². The molecule has 0 radical (unpaired) electrons. The number of nitrogens with zero attached hydrogens (tertiary/aromatic N) is 7. The molecule has 0 aliphatic heterocycles. The number of imidazole rings is 1. The van der Waals surface area contributed by atoms with Gasteiger partial charge in [-0.2, -0.15) is 35.3 Å². The van der Waals surface area contributed by atoms with E-state index >= 15 is 0 Å². The molecule has 0 aliphatic rings. The van der Waals surface area contributed by atoms with E-state index in [-0.39, 0.29) is 15.8 Å². The highest BCUT2D eigenvalue weighted by molar-refractivity contribution is 7.94. The minimum atomic E-state index is -4.57. The molecule has 0 aromatic carbocycles. The van der Waals surface area contributed by atoms with Gasteiger partial charge in [0.15, 0.2) is 11.3 Å². The Bertz CT molecular complexity index is 1910. The number of aromatic amines is 1. The summed E-state index contributed by atoms with van der Waals surface area (Å²) in [6.07, 6.45) is -2.39. The van der Waals surface area contributed by atoms with Gasteiger partial charge in [-0.25, -0.2) is 17.2 Å². The third-order valence-corrected chi connectivity index (χ3v) is 11.9. The highest BCUT2D eigenvalue weighted by Crippen LogP contribution is 2.33. The van der Waals surface area contributed by atoms with E-state index in [0.717, 1.165) is 30.6 Å². The number of rotatable bonds is 6. The predicted molar refractivity (Wildman–Crippen MR) is 162 cm³/mol. The Morgan fingerprint density at radius 1 is 0.894 bits per heavy atom. The molecule has 4 aromatic rings. The third-order valence-electron chi connectivity index (χ3n) is 6.31. The summed E-state index contributed by atoms with van der Waals surface area (Å²) in [5.74, 6) is 0. The van der Waals surface area contributed by atoms with Crippen LogP contribution in [0.15, 0.2) is 64.1 Å². The van der Waals surface area contributed by atoms with Crippen molar-refractivity contribution < 1.29 is 48.1 Å². The van der Waals surface area contributed by atoms with Gasteiger partial charge in [-0.05, 0) is 53.7 Å². The average Bonchev–Trinajstić information content (AvgIpc) is 3.69. The first-order valence-corrected chi connectivity index (χ1v) is 18.0. The Morgan fingerprint density at radius 3 is 1.79 bits per heavy atom. The first-order valence-electron chi connectivity index (χ1n) is 12.8. The lowest BCUT2D eigenvalue weighted by Gasteiger charge is -2.14. The maximum Gasteiger partial charge on any atom is 0.433 e. The van der Waals surface area contributed by atoms with Gasteiger partial charge in [0.1, 0.15) is 27.3 Å². The molecule has 47 heavy (non-hydrogen) atoms. The number of thiocarbonyl (C=S) groups is 1. The van der Waals surface area contributed by atoms with Crippen molar-refractivity contribution in [2.24, 2.45) is 8.73 Å². The van der Waals surface area contributed by atoms with Gasteiger partial charge in [0.05, 0.1) is 26.4 Å². The van der Waals surface area contributed by atoms with E-state index in [1.165, 1.54) is 30.1 Å². The summed E-state index contributed by atoms with van der Waals surface area (Å²) in [7, 11) is -5.82. The van der Waals surface area contributed by atoms with E-state index in [2.05, 4.69) is 33.9 Å². The van der Waals surface area contributed by atoms with Crippen LogP contribution in [0, 0.1) is 0 Å². The van der Waals surface area contributed by atoms with Crippen LogP contribution < -0.4 is 4.57 Å². The van der Waals surface area contributed by atoms with Crippen LogP contribution in [-0.4, -0.2) is 51.2 Å². The molecular formula is C25H25F8N8O2S4+. The summed E-state index contributed by atoms with van der Waals surface area (Å²) < 4.78 is 135. The minimum Gasteiger partial charge on any atom is -0.283 e. The quantitative estimate of drug-likeness (QED) is 0.127. The summed E-state index contributed by atoms with van der Waals surface area (Å²) in [5, 5.41) is 4.62. The Labute approximate surface area is 273 Å². The average molecular weight is 750 g/mol. The molecule has 4 heterocycles. The first kappa shape index (κ1) is 38.0. The zero-order valence-electron chi connectivity index (χ0n) is 24.5. The van der Waals surface area contributed by atoms with Crippen molar-refractivity contribution >= 4 is 53.3 Å². The highest BCUT2D eigenvalue weighted by Gasteiger charge is 2.33. The maximum absolute atomic E-state index is 12.7. The van der Waals surface area contributed by atoms with Crippen molar-refractivity contribution in [2.45, 2.75) is 43.1 Å². The molecule has 0 aliphatic carbocycles. The molecule has 4 aromatic heterocycles. The highest BCUT2D eigenvalue weighted by atomic mass is 32.2. The topological polar surface area (TPSA) is 130 Å². The normalized spacial score (nSPS) is 15.9. The lowest BCUT2D eigenvalue weighted by molar-refractivity contribution is -0.551. The largest absolute Gasteiger partial charge is 0.433 e. The number of H-pyrrole nitrogens is 1. The minimum absolute atomic E-state index is 0.102. The number of aromatic nitrogens is 6. The van der Waals surface area contributed by atoms with Gasteiger partial charge in [-0.1, -0.05) is 23.5 Å². The third kappa shape index (κ3) is 10.2. The van der Waals surface area contributed by atoms with Crippen LogP contribution in [-0.2, 0) is 31.8 Å². The Morgan fingerprint density at radius 2 is 1.40 bits per heavy atom. The summed E-state index contributed by atoms with van der Waals surface area (Å²) in [4.78, 5) is 9.46. The summed E-state index contributed by atoms with van der Waals surface area (Å²) >= 11 is 5.60. The second kappa shape index (κ2) is 14.7. The second-order valence-corrected chi connectivity index (χ2v) is 16.2. The van der Waals surface area contributed by atoms with Gasteiger partial charge in [-0.15, -0.1) is 10.2 Å². The van der Waals surface area contributed by atoms with Gasteiger partial charge in [-0.3, -0.25) is 15.0 Å². The van der Waals surface area contributed by atoms with Crippen LogP contribution in [0.5, 0.6) is 0 Å². The second-order valence-electron chi connectivity index (χ2n) is 9.66. The van der Waals surface area contributed by atoms with Crippen molar-refractivity contribution in [1.82, 2.24) is 25.1 Å². The van der Waals surface area contributed by atoms with Crippen molar-refractivity contribution in [3.63, 3.8) is 0 Å². The van der Waals surface area contributed by atoms with E-state index in [1.54, 1.807) is 25.6 Å². The van der Waals surface area contributed by atoms with Gasteiger partial charge >= 0.3 is 17.5 Å². The molecule has 0 amide bonds. The molecule has 4 unspecified atom stereocenters. The molecular weight excluding hydrogens is 725 g/mol. The Balaban J connectivity index is 0.000000256. The van der Waals surface area contributed by atoms with Crippen LogP contribution >= 0.6 is 23.6 Å². The van der Waals surface area contributed by atoms with E-state index in [9.17, 15) is 43.5 Å². The molecule has 0 bridgehead atoms. The van der Waals surface area contributed by atoms with Crippen LogP contribution in [0.4, 0.5) is 40.3 Å². The van der Waals surface area contributed by atoms with E-state index in [4.69, 9.17) is 12.2 Å². The van der Waals surface area contributed by atoms with E-state index in [1.807, 2.05) is 0 Å². The number of hydrogen-bond acceptors (Lipinski definition) is 9. The van der Waals surface area contributed by atoms with Crippen molar-refractivity contribution in [3.8, 4) is 0 Å². The number of pyridine rings is 2. The molecule has 256 valence electrons. The van der Waals surface area contributed by atoms with E-state index in [0.29, 0.717) is 16.9 Å². The number of hydrogen-bond donors (Lipinski definition) is 1.